The van der Waals surface area contributed by atoms with Gasteiger partial charge in [-0.15, -0.1) is 0 Å². The molecule has 1 fully saturated rings. The fraction of sp³-hybridized carbons (Fsp3) is 0.381. The molecule has 29 heavy (non-hydrogen) atoms. The average Bonchev–Trinajstić information content (AvgIpc) is 2.73. The van der Waals surface area contributed by atoms with Crippen LogP contribution in [0, 0.1) is 12.8 Å². The molecule has 0 bridgehead atoms. The summed E-state index contributed by atoms with van der Waals surface area (Å²) in [6.07, 6.45) is 1.60. The van der Waals surface area contributed by atoms with Crippen LogP contribution in [-0.4, -0.2) is 43.2 Å². The second-order valence-corrected chi connectivity index (χ2v) is 7.51. The first-order valence-electron chi connectivity index (χ1n) is 9.74. The second kappa shape index (κ2) is 7.62. The zero-order valence-corrected chi connectivity index (χ0v) is 16.5. The monoisotopic (exact) mass is 393 g/mol. The molecule has 0 radical (unpaired) electrons. The highest BCUT2D eigenvalue weighted by atomic mass is 16.2. The summed E-state index contributed by atoms with van der Waals surface area (Å²) >= 11 is 0. The molecule has 8 heteroatoms. The van der Waals surface area contributed by atoms with Crippen LogP contribution in [0.3, 0.4) is 0 Å². The summed E-state index contributed by atoms with van der Waals surface area (Å²) in [5, 5.41) is 4.68. The molecule has 3 aromatic rings. The lowest BCUT2D eigenvalue weighted by Crippen LogP contribution is -2.41. The number of likely N-dealkylation sites (tertiary alicyclic amines) is 1. The number of aryl methyl sites for hydroxylation is 2. The van der Waals surface area contributed by atoms with Gasteiger partial charge in [-0.1, -0.05) is 12.1 Å². The largest absolute Gasteiger partial charge is 0.337 e. The second-order valence-electron chi connectivity index (χ2n) is 7.51. The molecule has 8 nitrogen and oxygen atoms in total. The van der Waals surface area contributed by atoms with Crippen LogP contribution in [0.4, 0.5) is 0 Å². The van der Waals surface area contributed by atoms with Crippen LogP contribution >= 0.6 is 0 Å². The number of amides is 1. The van der Waals surface area contributed by atoms with E-state index in [2.05, 4.69) is 10.1 Å². The Bertz CT molecular complexity index is 1190. The highest BCUT2D eigenvalue weighted by molar-refractivity contribution is 5.92. The number of carbonyl (C=O) groups is 1. The number of carbonyl (C=O) groups excluding carboxylic acids is 1. The van der Waals surface area contributed by atoms with Crippen molar-refractivity contribution in [2.75, 3.05) is 13.1 Å². The molecule has 1 aliphatic rings. The smallest absolute Gasteiger partial charge is 0.274 e. The number of piperidine rings is 1. The van der Waals surface area contributed by atoms with Crippen molar-refractivity contribution >= 4 is 16.8 Å². The Kier molecular flexibility index (Phi) is 5.00. The number of hydrogen-bond acceptors (Lipinski definition) is 5. The van der Waals surface area contributed by atoms with Crippen molar-refractivity contribution in [2.45, 2.75) is 26.3 Å². The molecule has 1 amide bonds. The standard InChI is InChI=1S/C21H23N5O3/c1-14-22-17-6-4-3-5-16(17)20(28)26(14)13-15-9-11-25(12-10-15)21(29)18-7-8-19(27)24(2)23-18/h3-8,15H,9-13H2,1-2H3. The van der Waals surface area contributed by atoms with E-state index in [0.717, 1.165) is 18.4 Å². The Morgan fingerprint density at radius 1 is 1.10 bits per heavy atom. The van der Waals surface area contributed by atoms with Crippen molar-refractivity contribution in [1.82, 2.24) is 24.2 Å². The molecule has 2 aromatic heterocycles. The third-order valence-electron chi connectivity index (χ3n) is 5.57. The minimum absolute atomic E-state index is 0.0130. The summed E-state index contributed by atoms with van der Waals surface area (Å²) in [5.74, 6) is 0.841. The van der Waals surface area contributed by atoms with Gasteiger partial charge in [0.05, 0.1) is 10.9 Å². The molecule has 3 heterocycles. The van der Waals surface area contributed by atoms with Crippen molar-refractivity contribution in [2.24, 2.45) is 13.0 Å². The molecule has 0 spiro atoms. The van der Waals surface area contributed by atoms with Crippen molar-refractivity contribution in [3.8, 4) is 0 Å². The van der Waals surface area contributed by atoms with E-state index in [1.54, 1.807) is 9.47 Å². The number of fused-ring (bicyclic) bond motifs is 1. The van der Waals surface area contributed by atoms with Gasteiger partial charge in [-0.05, 0) is 43.9 Å². The van der Waals surface area contributed by atoms with Gasteiger partial charge in [0.15, 0.2) is 0 Å². The number of para-hydroxylation sites is 1. The maximum absolute atomic E-state index is 12.9. The summed E-state index contributed by atoms with van der Waals surface area (Å²) in [4.78, 5) is 43.3. The fourth-order valence-electron chi connectivity index (χ4n) is 3.85. The van der Waals surface area contributed by atoms with Crippen LogP contribution in [0.15, 0.2) is 46.0 Å². The Morgan fingerprint density at radius 3 is 2.55 bits per heavy atom. The van der Waals surface area contributed by atoms with Gasteiger partial charge in [0.1, 0.15) is 11.5 Å². The maximum Gasteiger partial charge on any atom is 0.274 e. The number of rotatable bonds is 3. The average molecular weight is 393 g/mol. The van der Waals surface area contributed by atoms with Crippen molar-refractivity contribution in [1.29, 1.82) is 0 Å². The third kappa shape index (κ3) is 3.70. The van der Waals surface area contributed by atoms with E-state index < -0.39 is 0 Å². The number of hydrogen-bond donors (Lipinski definition) is 0. The topological polar surface area (TPSA) is 90.1 Å². The van der Waals surface area contributed by atoms with Gasteiger partial charge in [0, 0.05) is 32.7 Å². The third-order valence-corrected chi connectivity index (χ3v) is 5.57. The number of benzene rings is 1. The highest BCUT2D eigenvalue weighted by Crippen LogP contribution is 2.21. The Morgan fingerprint density at radius 2 is 1.83 bits per heavy atom. The van der Waals surface area contributed by atoms with Gasteiger partial charge in [-0.3, -0.25) is 19.0 Å². The molecule has 0 N–H and O–H groups in total. The van der Waals surface area contributed by atoms with Gasteiger partial charge in [-0.25, -0.2) is 9.67 Å². The van der Waals surface area contributed by atoms with E-state index in [0.29, 0.717) is 36.8 Å². The van der Waals surface area contributed by atoms with Crippen LogP contribution in [0.1, 0.15) is 29.2 Å². The van der Waals surface area contributed by atoms with Crippen LogP contribution in [0.5, 0.6) is 0 Å². The van der Waals surface area contributed by atoms with Crippen molar-refractivity contribution in [3.63, 3.8) is 0 Å². The zero-order valence-electron chi connectivity index (χ0n) is 16.5. The Hall–Kier alpha value is -3.29. The molecule has 1 aromatic carbocycles. The van der Waals surface area contributed by atoms with Crippen molar-refractivity contribution in [3.05, 3.63) is 68.6 Å². The normalized spacial score (nSPS) is 15.0. The summed E-state index contributed by atoms with van der Waals surface area (Å²) in [7, 11) is 1.53. The van der Waals surface area contributed by atoms with Gasteiger partial charge in [0.25, 0.3) is 17.0 Å². The lowest BCUT2D eigenvalue weighted by atomic mass is 9.96. The Labute approximate surface area is 167 Å². The van der Waals surface area contributed by atoms with E-state index in [1.807, 2.05) is 31.2 Å². The van der Waals surface area contributed by atoms with E-state index in [4.69, 9.17) is 0 Å². The first kappa shape index (κ1) is 19.0. The number of aromatic nitrogens is 4. The van der Waals surface area contributed by atoms with Crippen LogP contribution in [0.25, 0.3) is 10.9 Å². The minimum atomic E-state index is -0.245. The van der Waals surface area contributed by atoms with E-state index in [1.165, 1.54) is 23.9 Å². The van der Waals surface area contributed by atoms with Gasteiger partial charge >= 0.3 is 0 Å². The van der Waals surface area contributed by atoms with Crippen molar-refractivity contribution < 1.29 is 4.79 Å². The molecule has 0 aliphatic carbocycles. The lowest BCUT2D eigenvalue weighted by molar-refractivity contribution is 0.0673. The molecule has 0 unspecified atom stereocenters. The minimum Gasteiger partial charge on any atom is -0.337 e. The molecule has 0 atom stereocenters. The van der Waals surface area contributed by atoms with E-state index in [-0.39, 0.29) is 22.7 Å². The predicted octanol–water partition coefficient (Wildman–Crippen LogP) is 1.35. The van der Waals surface area contributed by atoms with Gasteiger partial charge in [-0.2, -0.15) is 5.10 Å². The summed E-state index contributed by atoms with van der Waals surface area (Å²) in [6.45, 7) is 3.66. The fourth-order valence-corrected chi connectivity index (χ4v) is 3.85. The van der Waals surface area contributed by atoms with Gasteiger partial charge in [0.2, 0.25) is 0 Å². The summed E-state index contributed by atoms with van der Waals surface area (Å²) < 4.78 is 2.92. The summed E-state index contributed by atoms with van der Waals surface area (Å²) in [5.41, 5.74) is 0.735. The Balaban J connectivity index is 1.46. The molecule has 1 saturated heterocycles. The molecule has 0 saturated carbocycles. The SMILES string of the molecule is Cc1nc2ccccc2c(=O)n1CC1CCN(C(=O)c2ccc(=O)n(C)n2)CC1. The molecule has 4 rings (SSSR count). The van der Waals surface area contributed by atoms with E-state index in [9.17, 15) is 14.4 Å². The first-order chi connectivity index (χ1) is 13.9. The first-order valence-corrected chi connectivity index (χ1v) is 9.74. The highest BCUT2D eigenvalue weighted by Gasteiger charge is 2.25. The van der Waals surface area contributed by atoms with Crippen LogP contribution < -0.4 is 11.1 Å². The lowest BCUT2D eigenvalue weighted by Gasteiger charge is -2.32. The maximum atomic E-state index is 12.9. The molecular formula is C21H23N5O3. The van der Waals surface area contributed by atoms with Gasteiger partial charge < -0.3 is 4.90 Å². The zero-order chi connectivity index (χ0) is 20.5. The molecule has 1 aliphatic heterocycles. The van der Waals surface area contributed by atoms with Crippen LogP contribution in [-0.2, 0) is 13.6 Å². The summed E-state index contributed by atoms with van der Waals surface area (Å²) in [6, 6.07) is 10.2. The van der Waals surface area contributed by atoms with Crippen LogP contribution in [0.2, 0.25) is 0 Å². The van der Waals surface area contributed by atoms with E-state index >= 15 is 0 Å². The quantitative estimate of drug-likeness (QED) is 0.670. The number of nitrogens with zero attached hydrogens (tertiary/aromatic N) is 5. The molecule has 150 valence electrons. The predicted molar refractivity (Wildman–Crippen MR) is 109 cm³/mol. The molecular weight excluding hydrogens is 370 g/mol.